The first kappa shape index (κ1) is 15.9. The Labute approximate surface area is 136 Å². The molecular formula is C18H18FNO2S. The van der Waals surface area contributed by atoms with Gasteiger partial charge in [0.2, 0.25) is 10.0 Å². The lowest BCUT2D eigenvalue weighted by Gasteiger charge is -2.20. The van der Waals surface area contributed by atoms with Crippen molar-refractivity contribution in [3.05, 3.63) is 76.9 Å². The molecule has 0 radical (unpaired) electrons. The van der Waals surface area contributed by atoms with Gasteiger partial charge in [-0.05, 0) is 30.5 Å². The summed E-state index contributed by atoms with van der Waals surface area (Å²) in [7, 11) is -3.59. The maximum absolute atomic E-state index is 13.8. The number of sulfonamides is 1. The second-order valence-electron chi connectivity index (χ2n) is 5.63. The molecule has 23 heavy (non-hydrogen) atoms. The first-order valence-corrected chi connectivity index (χ1v) is 9.05. The van der Waals surface area contributed by atoms with Crippen molar-refractivity contribution in [2.75, 3.05) is 0 Å². The lowest BCUT2D eigenvalue weighted by atomic mass is 10.2. The molecule has 0 aliphatic heterocycles. The molecule has 0 saturated heterocycles. The number of halogens is 1. The Hall–Kier alpha value is -1.98. The fraction of sp³-hybridized carbons (Fsp3) is 0.222. The van der Waals surface area contributed by atoms with E-state index in [1.54, 1.807) is 24.3 Å². The summed E-state index contributed by atoms with van der Waals surface area (Å²) in [6.07, 6.45) is 3.23. The van der Waals surface area contributed by atoms with Crippen molar-refractivity contribution in [3.8, 4) is 0 Å². The van der Waals surface area contributed by atoms with Crippen molar-refractivity contribution in [2.45, 2.75) is 25.4 Å². The van der Waals surface area contributed by atoms with E-state index in [4.69, 9.17) is 0 Å². The summed E-state index contributed by atoms with van der Waals surface area (Å²) in [6.45, 7) is 0.0683. The van der Waals surface area contributed by atoms with Gasteiger partial charge >= 0.3 is 0 Å². The molecule has 0 spiro atoms. The minimum atomic E-state index is -3.59. The van der Waals surface area contributed by atoms with E-state index in [1.165, 1.54) is 15.8 Å². The fourth-order valence-corrected chi connectivity index (χ4v) is 3.82. The minimum absolute atomic E-state index is 0.0278. The van der Waals surface area contributed by atoms with Crippen LogP contribution in [0.15, 0.2) is 60.0 Å². The van der Waals surface area contributed by atoms with Crippen molar-refractivity contribution < 1.29 is 12.8 Å². The van der Waals surface area contributed by atoms with E-state index in [2.05, 4.69) is 0 Å². The number of hydrogen-bond acceptors (Lipinski definition) is 2. The highest BCUT2D eigenvalue weighted by atomic mass is 32.2. The molecule has 0 bridgehead atoms. The normalized spacial score (nSPS) is 15.4. The van der Waals surface area contributed by atoms with Crippen LogP contribution in [-0.2, 0) is 16.6 Å². The Kier molecular flexibility index (Phi) is 4.59. The van der Waals surface area contributed by atoms with Crippen LogP contribution >= 0.6 is 0 Å². The van der Waals surface area contributed by atoms with Crippen molar-refractivity contribution >= 4 is 16.1 Å². The molecule has 0 N–H and O–H groups in total. The van der Waals surface area contributed by atoms with Gasteiger partial charge in [0, 0.05) is 23.6 Å². The van der Waals surface area contributed by atoms with E-state index in [0.717, 1.165) is 18.4 Å². The predicted octanol–water partition coefficient (Wildman–Crippen LogP) is 3.79. The molecule has 1 fully saturated rings. The first-order chi connectivity index (χ1) is 11.1. The standard InChI is InChI=1S/C18H18FNO2S/c19-18-9-5-4-8-16(18)14-20(17-10-11-17)23(21,22)13-12-15-6-2-1-3-7-15/h1-9,12-13,17H,10-11,14H2/b13-12+. The van der Waals surface area contributed by atoms with Gasteiger partial charge < -0.3 is 0 Å². The molecule has 0 atom stereocenters. The largest absolute Gasteiger partial charge is 0.236 e. The summed E-state index contributed by atoms with van der Waals surface area (Å²) >= 11 is 0. The third-order valence-electron chi connectivity index (χ3n) is 3.80. The van der Waals surface area contributed by atoms with Gasteiger partial charge in [-0.25, -0.2) is 12.8 Å². The highest BCUT2D eigenvalue weighted by molar-refractivity contribution is 7.92. The summed E-state index contributed by atoms with van der Waals surface area (Å²) in [6, 6.07) is 15.5. The zero-order valence-electron chi connectivity index (χ0n) is 12.6. The summed E-state index contributed by atoms with van der Waals surface area (Å²) in [4.78, 5) is 0. The molecule has 3 nitrogen and oxygen atoms in total. The van der Waals surface area contributed by atoms with Crippen LogP contribution in [0.2, 0.25) is 0 Å². The molecule has 0 amide bonds. The lowest BCUT2D eigenvalue weighted by Crippen LogP contribution is -2.31. The van der Waals surface area contributed by atoms with Crippen molar-refractivity contribution in [3.63, 3.8) is 0 Å². The van der Waals surface area contributed by atoms with Gasteiger partial charge in [0.25, 0.3) is 0 Å². The fourth-order valence-electron chi connectivity index (χ4n) is 2.39. The summed E-state index contributed by atoms with van der Waals surface area (Å²) in [5.41, 5.74) is 1.22. The maximum Gasteiger partial charge on any atom is 0.236 e. The van der Waals surface area contributed by atoms with E-state index in [0.29, 0.717) is 5.56 Å². The Morgan fingerprint density at radius 3 is 2.35 bits per heavy atom. The number of nitrogens with zero attached hydrogens (tertiary/aromatic N) is 1. The molecule has 5 heteroatoms. The number of hydrogen-bond donors (Lipinski definition) is 0. The minimum Gasteiger partial charge on any atom is -0.207 e. The molecule has 120 valence electrons. The van der Waals surface area contributed by atoms with E-state index < -0.39 is 10.0 Å². The average molecular weight is 331 g/mol. The molecule has 2 aromatic rings. The summed E-state index contributed by atoms with van der Waals surface area (Å²) < 4.78 is 40.5. The van der Waals surface area contributed by atoms with Gasteiger partial charge in [0.15, 0.2) is 0 Å². The average Bonchev–Trinajstić information content (AvgIpc) is 3.38. The molecule has 1 aliphatic rings. The highest BCUT2D eigenvalue weighted by Crippen LogP contribution is 2.32. The topological polar surface area (TPSA) is 37.4 Å². The smallest absolute Gasteiger partial charge is 0.207 e. The Morgan fingerprint density at radius 1 is 1.04 bits per heavy atom. The molecule has 2 aromatic carbocycles. The Bertz CT molecular complexity index is 799. The second kappa shape index (κ2) is 6.64. The Morgan fingerprint density at radius 2 is 1.70 bits per heavy atom. The van der Waals surface area contributed by atoms with Crippen molar-refractivity contribution in [1.82, 2.24) is 4.31 Å². The third kappa shape index (κ3) is 4.06. The molecular weight excluding hydrogens is 313 g/mol. The van der Waals surface area contributed by atoms with Gasteiger partial charge in [-0.2, -0.15) is 4.31 Å². The van der Waals surface area contributed by atoms with Crippen LogP contribution in [0.1, 0.15) is 24.0 Å². The van der Waals surface area contributed by atoms with Crippen molar-refractivity contribution in [2.24, 2.45) is 0 Å². The van der Waals surface area contributed by atoms with E-state index in [1.807, 2.05) is 30.3 Å². The summed E-state index contributed by atoms with van der Waals surface area (Å²) in [5, 5.41) is 1.21. The van der Waals surface area contributed by atoms with Gasteiger partial charge in [0.1, 0.15) is 5.82 Å². The van der Waals surface area contributed by atoms with Crippen LogP contribution in [0.3, 0.4) is 0 Å². The van der Waals surface area contributed by atoms with Crippen LogP contribution in [-0.4, -0.2) is 18.8 Å². The maximum atomic E-state index is 13.8. The van der Waals surface area contributed by atoms with E-state index in [-0.39, 0.29) is 18.4 Å². The number of benzene rings is 2. The monoisotopic (exact) mass is 331 g/mol. The molecule has 0 aromatic heterocycles. The van der Waals surface area contributed by atoms with Crippen LogP contribution in [0.5, 0.6) is 0 Å². The zero-order valence-corrected chi connectivity index (χ0v) is 13.4. The zero-order chi connectivity index (χ0) is 16.3. The molecule has 0 unspecified atom stereocenters. The van der Waals surface area contributed by atoms with Crippen molar-refractivity contribution in [1.29, 1.82) is 0 Å². The van der Waals surface area contributed by atoms with Gasteiger partial charge in [-0.15, -0.1) is 0 Å². The lowest BCUT2D eigenvalue weighted by molar-refractivity contribution is 0.397. The number of rotatable bonds is 6. The molecule has 1 saturated carbocycles. The van der Waals surface area contributed by atoms with Crippen LogP contribution < -0.4 is 0 Å². The van der Waals surface area contributed by atoms with Gasteiger partial charge in [0.05, 0.1) is 0 Å². The van der Waals surface area contributed by atoms with Gasteiger partial charge in [-0.1, -0.05) is 48.5 Å². The van der Waals surface area contributed by atoms with Crippen LogP contribution in [0, 0.1) is 5.82 Å². The summed E-state index contributed by atoms with van der Waals surface area (Å²) in [5.74, 6) is -0.375. The first-order valence-electron chi connectivity index (χ1n) is 7.55. The molecule has 3 rings (SSSR count). The molecule has 1 aliphatic carbocycles. The quantitative estimate of drug-likeness (QED) is 0.807. The van der Waals surface area contributed by atoms with Crippen LogP contribution in [0.25, 0.3) is 6.08 Å². The second-order valence-corrected chi connectivity index (χ2v) is 7.40. The third-order valence-corrected chi connectivity index (χ3v) is 5.36. The highest BCUT2D eigenvalue weighted by Gasteiger charge is 2.36. The SMILES string of the molecule is O=S(=O)(/C=C/c1ccccc1)N(Cc1ccccc1F)C1CC1. The van der Waals surface area contributed by atoms with E-state index in [9.17, 15) is 12.8 Å². The van der Waals surface area contributed by atoms with Crippen LogP contribution in [0.4, 0.5) is 4.39 Å². The van der Waals surface area contributed by atoms with E-state index >= 15 is 0 Å². The Balaban J connectivity index is 1.83. The molecule has 0 heterocycles. The predicted molar refractivity (Wildman–Crippen MR) is 89.4 cm³/mol. The van der Waals surface area contributed by atoms with Gasteiger partial charge in [-0.3, -0.25) is 0 Å².